The van der Waals surface area contributed by atoms with Crippen molar-refractivity contribution in [3.05, 3.63) is 59.4 Å². The molecule has 1 saturated carbocycles. The Labute approximate surface area is 369 Å². The second-order valence-electron chi connectivity index (χ2n) is 18.1. The molecule has 4 atom stereocenters. The molecule has 1 fully saturated rings. The Morgan fingerprint density at radius 2 is 1.65 bits per heavy atom. The van der Waals surface area contributed by atoms with Gasteiger partial charge in [0.05, 0.1) is 37.1 Å². The average molecular weight is 903 g/mol. The smallest absolute Gasteiger partial charge is 0.507 e. The van der Waals surface area contributed by atoms with Gasteiger partial charge in [-0.3, -0.25) is 19.3 Å². The Morgan fingerprint density at radius 3 is 2.24 bits per heavy atom. The van der Waals surface area contributed by atoms with Crippen molar-refractivity contribution in [2.45, 2.75) is 129 Å². The molecule has 5 rings (SSSR count). The van der Waals surface area contributed by atoms with Gasteiger partial charge in [0.15, 0.2) is 25.4 Å². The molecule has 3 aliphatic rings. The van der Waals surface area contributed by atoms with Crippen LogP contribution in [0.4, 0.5) is 18.9 Å². The van der Waals surface area contributed by atoms with Crippen molar-refractivity contribution in [2.24, 2.45) is 11.8 Å². The monoisotopic (exact) mass is 902 g/mol. The fraction of sp³-hybridized carbons (Fsp3) is 0.609. The molecule has 3 N–H and O–H groups in total. The lowest BCUT2D eigenvalue weighted by Gasteiger charge is -2.55. The molecule has 0 aliphatic heterocycles. The van der Waals surface area contributed by atoms with Crippen LogP contribution in [0, 0.1) is 11.8 Å². The summed E-state index contributed by atoms with van der Waals surface area (Å²) in [6, 6.07) is 0.181. The molecule has 0 spiro atoms. The SMILES string of the molecule is C=CCN(CC=C)[C@@H]1c2onc(OCCCC)c2C(=O)[C@@]2(O[Si](C)(C)C(C)(C)C)C(=O)C3=C(O)c4c(c(OC(F)(F)F)cc(NC(=O)CNCCCC)c4OCCCC)C[C@H]3C[C@@H]12. The van der Waals surface area contributed by atoms with Gasteiger partial charge in [0.1, 0.15) is 17.1 Å². The van der Waals surface area contributed by atoms with Crippen molar-refractivity contribution >= 4 is 37.2 Å². The Balaban J connectivity index is 1.84. The zero-order valence-electron chi connectivity index (χ0n) is 38.0. The third kappa shape index (κ3) is 10.1. The first-order valence-electron chi connectivity index (χ1n) is 22.1. The topological polar surface area (TPSA) is 162 Å². The fourth-order valence-electron chi connectivity index (χ4n) is 8.50. The number of aromatic nitrogens is 1. The molecule has 0 saturated heterocycles. The number of Topliss-reactive ketones (excluding diaryl/α,β-unsaturated/α-hetero) is 2. The first-order valence-corrected chi connectivity index (χ1v) is 25.0. The summed E-state index contributed by atoms with van der Waals surface area (Å²) in [5.74, 6) is -5.52. The Bertz CT molecular complexity index is 2050. The van der Waals surface area contributed by atoms with Gasteiger partial charge in [-0.25, -0.2) is 0 Å². The van der Waals surface area contributed by atoms with Crippen LogP contribution >= 0.6 is 0 Å². The second kappa shape index (κ2) is 20.2. The maximum absolute atomic E-state index is 16.0. The highest BCUT2D eigenvalue weighted by atomic mass is 28.4. The molecule has 17 heteroatoms. The summed E-state index contributed by atoms with van der Waals surface area (Å²) in [5.41, 5.74) is -3.02. The Hall–Kier alpha value is -4.45. The minimum atomic E-state index is -5.17. The van der Waals surface area contributed by atoms with E-state index in [1.807, 2.05) is 59.5 Å². The molecule has 63 heavy (non-hydrogen) atoms. The van der Waals surface area contributed by atoms with Crippen LogP contribution in [-0.4, -0.2) is 92.3 Å². The number of unbranched alkanes of at least 4 members (excludes halogenated alkanes) is 3. The number of alkyl halides is 3. The zero-order valence-corrected chi connectivity index (χ0v) is 39.0. The van der Waals surface area contributed by atoms with E-state index in [4.69, 9.17) is 18.4 Å². The lowest BCUT2D eigenvalue weighted by atomic mass is 9.57. The molecule has 3 aliphatic carbocycles. The van der Waals surface area contributed by atoms with Crippen LogP contribution in [-0.2, 0) is 20.4 Å². The van der Waals surface area contributed by atoms with E-state index in [1.165, 1.54) is 0 Å². The van der Waals surface area contributed by atoms with Gasteiger partial charge in [0.25, 0.3) is 5.88 Å². The number of nitrogens with one attached hydrogen (secondary N) is 2. The molecule has 348 valence electrons. The number of fused-ring (bicyclic) bond motifs is 4. The van der Waals surface area contributed by atoms with Crippen LogP contribution in [0.15, 0.2) is 41.5 Å². The maximum Gasteiger partial charge on any atom is 0.573 e. The molecule has 2 aromatic rings. The molecule has 0 bridgehead atoms. The fourth-order valence-corrected chi connectivity index (χ4v) is 9.95. The third-order valence-corrected chi connectivity index (χ3v) is 17.0. The molecule has 0 unspecified atom stereocenters. The van der Waals surface area contributed by atoms with Crippen molar-refractivity contribution in [1.82, 2.24) is 15.4 Å². The number of hydrogen-bond acceptors (Lipinski definition) is 12. The maximum atomic E-state index is 16.0. The van der Waals surface area contributed by atoms with Crippen molar-refractivity contribution in [2.75, 3.05) is 44.7 Å². The number of nitrogens with zero attached hydrogens (tertiary/aromatic N) is 2. The first kappa shape index (κ1) is 49.6. The summed E-state index contributed by atoms with van der Waals surface area (Å²) >= 11 is 0. The lowest BCUT2D eigenvalue weighted by Crippen LogP contribution is -2.68. The van der Waals surface area contributed by atoms with E-state index in [9.17, 15) is 23.1 Å². The molecule has 0 radical (unpaired) electrons. The van der Waals surface area contributed by atoms with Gasteiger partial charge in [0.2, 0.25) is 17.5 Å². The van der Waals surface area contributed by atoms with Crippen LogP contribution in [0.2, 0.25) is 18.1 Å². The normalized spacial score (nSPS) is 21.0. The highest BCUT2D eigenvalue weighted by molar-refractivity contribution is 6.74. The van der Waals surface area contributed by atoms with Crippen molar-refractivity contribution in [3.63, 3.8) is 0 Å². The van der Waals surface area contributed by atoms with Crippen molar-refractivity contribution in [3.8, 4) is 17.4 Å². The zero-order chi connectivity index (χ0) is 46.5. The molecular formula is C46H65F3N4O9Si. The lowest BCUT2D eigenvalue weighted by molar-refractivity contribution is -0.275. The number of aliphatic hydroxyl groups is 1. The summed E-state index contributed by atoms with van der Waals surface area (Å²) in [5, 5.41) is 22.0. The molecule has 13 nitrogen and oxygen atoms in total. The Kier molecular flexibility index (Phi) is 15.9. The van der Waals surface area contributed by atoms with Gasteiger partial charge >= 0.3 is 6.36 Å². The third-order valence-electron chi connectivity index (χ3n) is 12.6. The standard InChI is InChI=1S/C46H65F3N4O9Si/c1-11-16-19-50-27-33(54)51-31-26-32(60-46(47,48)49)29-24-28-25-30-37(53(20-14-4)21-15-5)40-36(43(52-61-40)59-23-18-13-3)42(57)45(30,62-63(9,10)44(6,7)8)41(56)34(28)38(55)35(29)39(31)58-22-17-12-2/h14-15,26,28,30,37,50,55H,4-5,11-13,16-25,27H2,1-3,6-10H3,(H,51,54)/t28-,30-,37-,45-/m0/s1. The number of hydrogen-bond donors (Lipinski definition) is 3. The summed E-state index contributed by atoms with van der Waals surface area (Å²) < 4.78 is 73.1. The first-order chi connectivity index (χ1) is 29.7. The predicted molar refractivity (Wildman–Crippen MR) is 237 cm³/mol. The van der Waals surface area contributed by atoms with E-state index >= 15 is 9.59 Å². The molecular weight excluding hydrogens is 838 g/mol. The average Bonchev–Trinajstić information content (AvgIpc) is 3.61. The quantitative estimate of drug-likeness (QED) is 0.0445. The van der Waals surface area contributed by atoms with Crippen LogP contribution in [0.25, 0.3) is 5.76 Å². The minimum Gasteiger partial charge on any atom is -0.507 e. The number of amides is 1. The van der Waals surface area contributed by atoms with Gasteiger partial charge in [-0.2, -0.15) is 0 Å². The van der Waals surface area contributed by atoms with Crippen LogP contribution in [0.1, 0.15) is 120 Å². The number of benzene rings is 1. The van der Waals surface area contributed by atoms with Gasteiger partial charge in [-0.05, 0) is 67.9 Å². The largest absolute Gasteiger partial charge is 0.573 e. The van der Waals surface area contributed by atoms with Gasteiger partial charge in [-0.1, -0.05) is 73.0 Å². The van der Waals surface area contributed by atoms with E-state index in [0.717, 1.165) is 25.3 Å². The number of rotatable bonds is 22. The van der Waals surface area contributed by atoms with Crippen LogP contribution in [0.5, 0.6) is 17.4 Å². The number of anilines is 1. The molecule has 1 heterocycles. The summed E-state index contributed by atoms with van der Waals surface area (Å²) in [6.45, 7) is 24.8. The number of ketones is 2. The number of halogens is 3. The predicted octanol–water partition coefficient (Wildman–Crippen LogP) is 9.66. The highest BCUT2D eigenvalue weighted by Crippen LogP contribution is 2.60. The van der Waals surface area contributed by atoms with E-state index in [0.29, 0.717) is 25.8 Å². The summed E-state index contributed by atoms with van der Waals surface area (Å²) in [4.78, 5) is 46.9. The van der Waals surface area contributed by atoms with E-state index in [-0.39, 0.29) is 91.0 Å². The minimum absolute atomic E-state index is 0.0219. The Morgan fingerprint density at radius 1 is 1.02 bits per heavy atom. The van der Waals surface area contributed by atoms with E-state index in [1.54, 1.807) is 12.2 Å². The van der Waals surface area contributed by atoms with Gasteiger partial charge in [0, 0.05) is 36.2 Å². The number of ether oxygens (including phenoxy) is 3. The molecule has 1 aromatic carbocycles. The molecule has 1 amide bonds. The summed E-state index contributed by atoms with van der Waals surface area (Å²) in [7, 11) is -3.13. The van der Waals surface area contributed by atoms with Gasteiger partial charge < -0.3 is 38.9 Å². The van der Waals surface area contributed by atoms with E-state index < -0.39 is 72.2 Å². The highest BCUT2D eigenvalue weighted by Gasteiger charge is 2.69. The number of carbonyl (C=O) groups is 3. The second-order valence-corrected chi connectivity index (χ2v) is 22.8. The van der Waals surface area contributed by atoms with Crippen LogP contribution in [0.3, 0.4) is 0 Å². The van der Waals surface area contributed by atoms with Crippen molar-refractivity contribution < 1.29 is 55.8 Å². The summed E-state index contributed by atoms with van der Waals surface area (Å²) in [6.07, 6.45) is 2.25. The number of carbonyl (C=O) groups excluding carboxylic acids is 3. The number of aliphatic hydroxyl groups excluding tert-OH is 1. The van der Waals surface area contributed by atoms with E-state index in [2.05, 4.69) is 33.7 Å². The molecule has 1 aromatic heterocycles. The van der Waals surface area contributed by atoms with Crippen LogP contribution < -0.4 is 24.8 Å². The van der Waals surface area contributed by atoms with Crippen molar-refractivity contribution in [1.29, 1.82) is 0 Å². The van der Waals surface area contributed by atoms with Gasteiger partial charge in [-0.15, -0.1) is 26.3 Å².